The average molecular weight is 325 g/mol. The Morgan fingerprint density at radius 2 is 2.00 bits per heavy atom. The van der Waals surface area contributed by atoms with Gasteiger partial charge in [0.1, 0.15) is 12.1 Å². The molecule has 0 saturated carbocycles. The van der Waals surface area contributed by atoms with Gasteiger partial charge in [-0.05, 0) is 44.6 Å². The number of rotatable bonds is 6. The molecule has 0 aromatic rings. The van der Waals surface area contributed by atoms with Gasteiger partial charge < -0.3 is 20.6 Å². The number of nitrogens with zero attached hydrogens (tertiary/aromatic N) is 1. The number of carbonyl (C=O) groups excluding carboxylic acids is 2. The summed E-state index contributed by atoms with van der Waals surface area (Å²) in [5.41, 5.74) is 0. The summed E-state index contributed by atoms with van der Waals surface area (Å²) in [5.74, 6) is -1.17. The molecule has 2 rings (SSSR count). The van der Waals surface area contributed by atoms with E-state index in [9.17, 15) is 19.5 Å². The summed E-state index contributed by atoms with van der Waals surface area (Å²) in [7, 11) is 0. The fourth-order valence-corrected chi connectivity index (χ4v) is 3.36. The van der Waals surface area contributed by atoms with Crippen LogP contribution < -0.4 is 10.6 Å². The number of nitrogens with one attached hydrogen (secondary N) is 2. The van der Waals surface area contributed by atoms with Crippen LogP contribution in [0.4, 0.5) is 0 Å². The van der Waals surface area contributed by atoms with Gasteiger partial charge in [-0.1, -0.05) is 13.8 Å². The Morgan fingerprint density at radius 3 is 2.57 bits per heavy atom. The quantitative estimate of drug-likeness (QED) is 0.654. The highest BCUT2D eigenvalue weighted by Crippen LogP contribution is 2.20. The van der Waals surface area contributed by atoms with Crippen molar-refractivity contribution in [2.75, 3.05) is 13.1 Å². The second-order valence-electron chi connectivity index (χ2n) is 6.87. The second-order valence-corrected chi connectivity index (χ2v) is 6.87. The van der Waals surface area contributed by atoms with Gasteiger partial charge in [-0.2, -0.15) is 0 Å². The Hall–Kier alpha value is -1.63. The lowest BCUT2D eigenvalue weighted by molar-refractivity contribution is -0.149. The number of carboxylic acid groups (broad SMARTS) is 1. The van der Waals surface area contributed by atoms with E-state index in [0.717, 1.165) is 19.4 Å². The largest absolute Gasteiger partial charge is 0.480 e. The summed E-state index contributed by atoms with van der Waals surface area (Å²) in [6.45, 7) is 5.23. The predicted octanol–water partition coefficient (Wildman–Crippen LogP) is 0.345. The van der Waals surface area contributed by atoms with Gasteiger partial charge >= 0.3 is 5.97 Å². The van der Waals surface area contributed by atoms with Crippen molar-refractivity contribution in [2.45, 2.75) is 64.1 Å². The van der Waals surface area contributed by atoms with Crippen molar-refractivity contribution in [3.05, 3.63) is 0 Å². The zero-order valence-electron chi connectivity index (χ0n) is 13.9. The maximum absolute atomic E-state index is 12.8. The van der Waals surface area contributed by atoms with Crippen LogP contribution in [0.25, 0.3) is 0 Å². The molecule has 0 spiro atoms. The maximum atomic E-state index is 12.8. The second kappa shape index (κ2) is 7.77. The van der Waals surface area contributed by atoms with E-state index in [1.165, 1.54) is 4.90 Å². The van der Waals surface area contributed by atoms with Crippen LogP contribution in [0, 0.1) is 5.92 Å². The molecule has 2 heterocycles. The molecular weight excluding hydrogens is 298 g/mol. The predicted molar refractivity (Wildman–Crippen MR) is 84.8 cm³/mol. The molecule has 2 aliphatic rings. The van der Waals surface area contributed by atoms with E-state index in [2.05, 4.69) is 10.6 Å². The molecule has 2 saturated heterocycles. The fourth-order valence-electron chi connectivity index (χ4n) is 3.36. The molecule has 0 aliphatic carbocycles. The molecule has 2 aliphatic heterocycles. The van der Waals surface area contributed by atoms with Gasteiger partial charge in [0.05, 0.1) is 6.04 Å². The number of amides is 2. The summed E-state index contributed by atoms with van der Waals surface area (Å²) in [6, 6.07) is -1.66. The fraction of sp³-hybridized carbons (Fsp3) is 0.812. The van der Waals surface area contributed by atoms with Crippen molar-refractivity contribution in [1.29, 1.82) is 0 Å². The van der Waals surface area contributed by atoms with Crippen molar-refractivity contribution in [3.8, 4) is 0 Å². The Morgan fingerprint density at radius 1 is 1.26 bits per heavy atom. The van der Waals surface area contributed by atoms with Crippen LogP contribution >= 0.6 is 0 Å². The van der Waals surface area contributed by atoms with Gasteiger partial charge in [0.2, 0.25) is 11.8 Å². The van der Waals surface area contributed by atoms with Gasteiger partial charge in [0.25, 0.3) is 0 Å². The summed E-state index contributed by atoms with van der Waals surface area (Å²) in [4.78, 5) is 37.8. The first-order valence-corrected chi connectivity index (χ1v) is 8.47. The SMILES string of the molecule is CC(C)CC(NC(=O)C1CCCN1)C(=O)N1CCCC1C(=O)O. The Bertz CT molecular complexity index is 460. The summed E-state index contributed by atoms with van der Waals surface area (Å²) in [6.07, 6.45) is 3.41. The first kappa shape index (κ1) is 17.7. The third-order valence-corrected chi connectivity index (χ3v) is 4.52. The highest BCUT2D eigenvalue weighted by molar-refractivity contribution is 5.92. The molecule has 7 nitrogen and oxygen atoms in total. The van der Waals surface area contributed by atoms with Gasteiger partial charge in [-0.25, -0.2) is 4.79 Å². The Labute approximate surface area is 136 Å². The van der Waals surface area contributed by atoms with Gasteiger partial charge in [-0.3, -0.25) is 9.59 Å². The number of likely N-dealkylation sites (tertiary alicyclic amines) is 1. The molecule has 0 aromatic carbocycles. The van der Waals surface area contributed by atoms with Crippen LogP contribution in [0.2, 0.25) is 0 Å². The third kappa shape index (κ3) is 4.43. The number of carboxylic acids is 1. The number of hydrogen-bond acceptors (Lipinski definition) is 4. The Balaban J connectivity index is 2.05. The molecule has 3 N–H and O–H groups in total. The van der Waals surface area contributed by atoms with Crippen molar-refractivity contribution in [3.63, 3.8) is 0 Å². The number of aliphatic carboxylic acids is 1. The van der Waals surface area contributed by atoms with Crippen LogP contribution in [0.3, 0.4) is 0 Å². The molecule has 23 heavy (non-hydrogen) atoms. The van der Waals surface area contributed by atoms with E-state index >= 15 is 0 Å². The van der Waals surface area contributed by atoms with Gasteiger partial charge in [-0.15, -0.1) is 0 Å². The summed E-state index contributed by atoms with van der Waals surface area (Å²) in [5, 5.41) is 15.2. The molecule has 2 fully saturated rings. The normalized spacial score (nSPS) is 25.6. The van der Waals surface area contributed by atoms with Crippen molar-refractivity contribution in [2.24, 2.45) is 5.92 Å². The van der Waals surface area contributed by atoms with E-state index in [0.29, 0.717) is 25.8 Å². The van der Waals surface area contributed by atoms with Crippen LogP contribution in [0.5, 0.6) is 0 Å². The monoisotopic (exact) mass is 325 g/mol. The Kier molecular flexibility index (Phi) is 5.98. The van der Waals surface area contributed by atoms with E-state index < -0.39 is 18.1 Å². The minimum Gasteiger partial charge on any atom is -0.480 e. The molecular formula is C16H27N3O4. The summed E-state index contributed by atoms with van der Waals surface area (Å²) >= 11 is 0. The average Bonchev–Trinajstić information content (AvgIpc) is 3.16. The highest BCUT2D eigenvalue weighted by atomic mass is 16.4. The minimum atomic E-state index is -0.970. The van der Waals surface area contributed by atoms with Crippen LogP contribution in [0.15, 0.2) is 0 Å². The lowest BCUT2D eigenvalue weighted by Crippen LogP contribution is -2.54. The zero-order chi connectivity index (χ0) is 17.0. The molecule has 3 unspecified atom stereocenters. The molecule has 3 atom stereocenters. The maximum Gasteiger partial charge on any atom is 0.326 e. The van der Waals surface area contributed by atoms with E-state index in [-0.39, 0.29) is 23.8 Å². The molecule has 0 aromatic heterocycles. The van der Waals surface area contributed by atoms with Crippen molar-refractivity contribution < 1.29 is 19.5 Å². The van der Waals surface area contributed by atoms with Crippen molar-refractivity contribution in [1.82, 2.24) is 15.5 Å². The molecule has 7 heteroatoms. The molecule has 0 radical (unpaired) electrons. The van der Waals surface area contributed by atoms with Crippen LogP contribution in [0.1, 0.15) is 46.0 Å². The first-order valence-electron chi connectivity index (χ1n) is 8.47. The van der Waals surface area contributed by atoms with E-state index in [1.807, 2.05) is 13.8 Å². The molecule has 2 amide bonds. The number of carbonyl (C=O) groups is 3. The highest BCUT2D eigenvalue weighted by Gasteiger charge is 2.38. The van der Waals surface area contributed by atoms with Crippen LogP contribution in [-0.2, 0) is 14.4 Å². The van der Waals surface area contributed by atoms with Gasteiger partial charge in [0.15, 0.2) is 0 Å². The van der Waals surface area contributed by atoms with Crippen LogP contribution in [-0.4, -0.2) is 59.0 Å². The minimum absolute atomic E-state index is 0.160. The lowest BCUT2D eigenvalue weighted by atomic mass is 10.0. The smallest absolute Gasteiger partial charge is 0.326 e. The van der Waals surface area contributed by atoms with Crippen molar-refractivity contribution >= 4 is 17.8 Å². The summed E-state index contributed by atoms with van der Waals surface area (Å²) < 4.78 is 0. The van der Waals surface area contributed by atoms with Gasteiger partial charge in [0, 0.05) is 6.54 Å². The van der Waals surface area contributed by atoms with E-state index in [4.69, 9.17) is 0 Å². The standard InChI is InChI=1S/C16H27N3O4/c1-10(2)9-12(18-14(20)11-5-3-7-17-11)15(21)19-8-4-6-13(19)16(22)23/h10-13,17H,3-9H2,1-2H3,(H,18,20)(H,22,23). The first-order chi connectivity index (χ1) is 10.9. The zero-order valence-corrected chi connectivity index (χ0v) is 13.9. The van der Waals surface area contributed by atoms with E-state index in [1.54, 1.807) is 0 Å². The molecule has 0 bridgehead atoms. The topological polar surface area (TPSA) is 98.7 Å². The molecule has 130 valence electrons. The lowest BCUT2D eigenvalue weighted by Gasteiger charge is -2.29. The third-order valence-electron chi connectivity index (χ3n) is 4.52. The number of hydrogen-bond donors (Lipinski definition) is 3.